The van der Waals surface area contributed by atoms with Gasteiger partial charge in [-0.2, -0.15) is 0 Å². The smallest absolute Gasteiger partial charge is 0.341 e. The molecule has 1 rings (SSSR count). The summed E-state index contributed by atoms with van der Waals surface area (Å²) in [5.74, 6) is 0.130. The van der Waals surface area contributed by atoms with Gasteiger partial charge in [0, 0.05) is 12.5 Å². The Morgan fingerprint density at radius 1 is 0.765 bits per heavy atom. The lowest BCUT2D eigenvalue weighted by Crippen LogP contribution is -2.13. The Morgan fingerprint density at radius 3 is 1.88 bits per heavy atom. The SMILES string of the molecule is CCCCCCCC/C=C\CCCCCCCC(=O)Nc1cc(C(=O)OC)c(OC)cc1OC. The molecule has 0 fully saturated rings. The Bertz CT molecular complexity index is 745. The fourth-order valence-electron chi connectivity index (χ4n) is 3.84. The van der Waals surface area contributed by atoms with Gasteiger partial charge in [0.05, 0.1) is 27.0 Å². The number of carbonyl (C=O) groups excluding carboxylic acids is 2. The van der Waals surface area contributed by atoms with E-state index in [1.807, 2.05) is 0 Å². The number of rotatable bonds is 19. The van der Waals surface area contributed by atoms with Crippen molar-refractivity contribution in [2.24, 2.45) is 0 Å². The molecule has 0 aliphatic heterocycles. The number of amides is 1. The summed E-state index contributed by atoms with van der Waals surface area (Å²) in [6.07, 6.45) is 21.0. The van der Waals surface area contributed by atoms with E-state index in [9.17, 15) is 9.59 Å². The van der Waals surface area contributed by atoms with E-state index >= 15 is 0 Å². The van der Waals surface area contributed by atoms with Gasteiger partial charge in [-0.05, 0) is 38.2 Å². The second-order valence-corrected chi connectivity index (χ2v) is 8.63. The third-order valence-electron chi connectivity index (χ3n) is 5.87. The number of unbranched alkanes of at least 4 members (excludes halogenated alkanes) is 11. The van der Waals surface area contributed by atoms with Crippen molar-refractivity contribution >= 4 is 17.6 Å². The molecule has 0 heterocycles. The molecule has 192 valence electrons. The fourth-order valence-corrected chi connectivity index (χ4v) is 3.84. The van der Waals surface area contributed by atoms with Crippen molar-refractivity contribution in [1.29, 1.82) is 0 Å². The van der Waals surface area contributed by atoms with Crippen molar-refractivity contribution in [1.82, 2.24) is 0 Å². The number of carbonyl (C=O) groups is 2. The molecule has 0 atom stereocenters. The number of allylic oxidation sites excluding steroid dienone is 2. The summed E-state index contributed by atoms with van der Waals surface area (Å²) < 4.78 is 15.4. The van der Waals surface area contributed by atoms with Gasteiger partial charge in [0.2, 0.25) is 5.91 Å². The van der Waals surface area contributed by atoms with E-state index in [1.54, 1.807) is 6.07 Å². The molecule has 0 radical (unpaired) electrons. The quantitative estimate of drug-likeness (QED) is 0.128. The van der Waals surface area contributed by atoms with Gasteiger partial charge in [-0.3, -0.25) is 4.79 Å². The van der Waals surface area contributed by atoms with Crippen LogP contribution in [0.3, 0.4) is 0 Å². The minimum Gasteiger partial charge on any atom is -0.496 e. The first-order chi connectivity index (χ1) is 16.6. The van der Waals surface area contributed by atoms with Crippen molar-refractivity contribution in [3.63, 3.8) is 0 Å². The molecule has 0 unspecified atom stereocenters. The Balaban J connectivity index is 2.22. The van der Waals surface area contributed by atoms with Crippen LogP contribution in [0.5, 0.6) is 11.5 Å². The zero-order valence-electron chi connectivity index (χ0n) is 21.8. The maximum atomic E-state index is 12.4. The lowest BCUT2D eigenvalue weighted by atomic mass is 10.1. The molecule has 0 aliphatic carbocycles. The van der Waals surface area contributed by atoms with Crippen LogP contribution >= 0.6 is 0 Å². The Morgan fingerprint density at radius 2 is 1.32 bits per heavy atom. The van der Waals surface area contributed by atoms with Crippen LogP contribution in [0, 0.1) is 0 Å². The topological polar surface area (TPSA) is 73.9 Å². The summed E-state index contributed by atoms with van der Waals surface area (Å²) in [6.45, 7) is 2.26. The highest BCUT2D eigenvalue weighted by atomic mass is 16.5. The monoisotopic (exact) mass is 475 g/mol. The largest absolute Gasteiger partial charge is 0.496 e. The van der Waals surface area contributed by atoms with Gasteiger partial charge < -0.3 is 19.5 Å². The summed E-state index contributed by atoms with van der Waals surface area (Å²) in [7, 11) is 4.27. The second kappa shape index (κ2) is 18.9. The zero-order chi connectivity index (χ0) is 25.0. The number of benzene rings is 1. The molecule has 0 spiro atoms. The first-order valence-electron chi connectivity index (χ1n) is 12.9. The van der Waals surface area contributed by atoms with E-state index in [2.05, 4.69) is 24.4 Å². The average Bonchev–Trinajstić information content (AvgIpc) is 2.85. The number of hydrogen-bond acceptors (Lipinski definition) is 5. The van der Waals surface area contributed by atoms with Crippen LogP contribution < -0.4 is 14.8 Å². The summed E-state index contributed by atoms with van der Waals surface area (Å²) in [5, 5.41) is 2.85. The Kier molecular flexibility index (Phi) is 16.4. The molecule has 34 heavy (non-hydrogen) atoms. The molecule has 1 amide bonds. The normalized spacial score (nSPS) is 10.9. The van der Waals surface area contributed by atoms with Crippen molar-refractivity contribution < 1.29 is 23.8 Å². The van der Waals surface area contributed by atoms with Crippen LogP contribution in [0.2, 0.25) is 0 Å². The Hall–Kier alpha value is -2.50. The van der Waals surface area contributed by atoms with E-state index in [0.29, 0.717) is 23.6 Å². The summed E-state index contributed by atoms with van der Waals surface area (Å²) >= 11 is 0. The highest BCUT2D eigenvalue weighted by molar-refractivity contribution is 5.98. The lowest BCUT2D eigenvalue weighted by Gasteiger charge is -2.14. The molecule has 6 heteroatoms. The fraction of sp³-hybridized carbons (Fsp3) is 0.643. The van der Waals surface area contributed by atoms with Crippen molar-refractivity contribution in [2.45, 2.75) is 96.8 Å². The van der Waals surface area contributed by atoms with Crippen LogP contribution in [-0.2, 0) is 9.53 Å². The summed E-state index contributed by atoms with van der Waals surface area (Å²) in [5.41, 5.74) is 0.670. The highest BCUT2D eigenvalue weighted by Gasteiger charge is 2.18. The van der Waals surface area contributed by atoms with Gasteiger partial charge >= 0.3 is 5.97 Å². The molecular formula is C28H45NO5. The van der Waals surface area contributed by atoms with Crippen molar-refractivity contribution in [3.05, 3.63) is 29.8 Å². The highest BCUT2D eigenvalue weighted by Crippen LogP contribution is 2.33. The van der Waals surface area contributed by atoms with E-state index in [4.69, 9.17) is 14.2 Å². The van der Waals surface area contributed by atoms with Crippen molar-refractivity contribution in [2.75, 3.05) is 26.6 Å². The van der Waals surface area contributed by atoms with Crippen LogP contribution in [0.4, 0.5) is 5.69 Å². The second-order valence-electron chi connectivity index (χ2n) is 8.63. The molecule has 1 aromatic rings. The number of nitrogens with one attached hydrogen (secondary N) is 1. The minimum atomic E-state index is -0.535. The average molecular weight is 476 g/mol. The molecule has 1 aromatic carbocycles. The molecule has 1 N–H and O–H groups in total. The zero-order valence-corrected chi connectivity index (χ0v) is 21.8. The van der Waals surface area contributed by atoms with E-state index in [0.717, 1.165) is 25.7 Å². The third-order valence-corrected chi connectivity index (χ3v) is 5.87. The Labute approximate surface area is 206 Å². The minimum absolute atomic E-state index is 0.100. The molecule has 6 nitrogen and oxygen atoms in total. The van der Waals surface area contributed by atoms with Gasteiger partial charge in [-0.15, -0.1) is 0 Å². The predicted molar refractivity (Wildman–Crippen MR) is 139 cm³/mol. The molecule has 0 aliphatic rings. The first-order valence-corrected chi connectivity index (χ1v) is 12.9. The predicted octanol–water partition coefficient (Wildman–Crippen LogP) is 7.47. The van der Waals surface area contributed by atoms with Crippen molar-refractivity contribution in [3.8, 4) is 11.5 Å². The number of methoxy groups -OCH3 is 3. The van der Waals surface area contributed by atoms with Crippen LogP contribution in [0.15, 0.2) is 24.3 Å². The van der Waals surface area contributed by atoms with Crippen LogP contribution in [-0.4, -0.2) is 33.2 Å². The standard InChI is InChI=1S/C28H45NO5/c1-5-6-7-8-9-10-11-12-13-14-15-16-17-18-19-20-27(30)29-24-21-23(28(31)34-4)25(32-2)22-26(24)33-3/h12-13,21-22H,5-11,14-20H2,1-4H3,(H,29,30)/b13-12-. The molecule has 0 aromatic heterocycles. The van der Waals surface area contributed by atoms with E-state index < -0.39 is 5.97 Å². The van der Waals surface area contributed by atoms with Gasteiger partial charge in [0.25, 0.3) is 0 Å². The van der Waals surface area contributed by atoms with Crippen LogP contribution in [0.1, 0.15) is 107 Å². The number of esters is 1. The lowest BCUT2D eigenvalue weighted by molar-refractivity contribution is -0.116. The number of hydrogen-bond donors (Lipinski definition) is 1. The maximum Gasteiger partial charge on any atom is 0.341 e. The van der Waals surface area contributed by atoms with E-state index in [1.165, 1.54) is 85.2 Å². The van der Waals surface area contributed by atoms with Gasteiger partial charge in [-0.1, -0.05) is 70.4 Å². The summed E-state index contributed by atoms with van der Waals surface area (Å²) in [4.78, 5) is 24.4. The van der Waals surface area contributed by atoms with E-state index in [-0.39, 0.29) is 11.5 Å². The molecule has 0 saturated heterocycles. The third kappa shape index (κ3) is 12.1. The number of ether oxygens (including phenoxy) is 3. The molecule has 0 saturated carbocycles. The van der Waals surface area contributed by atoms with Gasteiger partial charge in [0.1, 0.15) is 17.1 Å². The van der Waals surface area contributed by atoms with Crippen LogP contribution in [0.25, 0.3) is 0 Å². The van der Waals surface area contributed by atoms with Gasteiger partial charge in [-0.25, -0.2) is 4.79 Å². The molecule has 0 bridgehead atoms. The maximum absolute atomic E-state index is 12.4. The molecular weight excluding hydrogens is 430 g/mol. The number of anilines is 1. The van der Waals surface area contributed by atoms with Gasteiger partial charge in [0.15, 0.2) is 0 Å². The summed E-state index contributed by atoms with van der Waals surface area (Å²) in [6, 6.07) is 3.10. The first kappa shape index (κ1) is 29.5.